The number of rotatable bonds is 8. The zero-order chi connectivity index (χ0) is 30.0. The highest BCUT2D eigenvalue weighted by atomic mass is 19.1. The predicted molar refractivity (Wildman–Crippen MR) is 134 cm³/mol. The maximum absolute atomic E-state index is 14.8. The van der Waals surface area contributed by atoms with Gasteiger partial charge in [-0.15, -0.1) is 0 Å². The lowest BCUT2D eigenvalue weighted by atomic mass is 9.64. The molecule has 0 saturated carbocycles. The molecule has 14 nitrogen and oxygen atoms in total. The Morgan fingerprint density at radius 3 is 2.59 bits per heavy atom. The molecule has 0 radical (unpaired) electrons. The Balaban J connectivity index is 1.58. The number of amides is 4. The van der Waals surface area contributed by atoms with Gasteiger partial charge in [-0.05, 0) is 18.1 Å². The van der Waals surface area contributed by atoms with Crippen LogP contribution in [-0.4, -0.2) is 92.9 Å². The minimum Gasteiger partial charge on any atom is -0.535 e. The van der Waals surface area contributed by atoms with Gasteiger partial charge in [-0.2, -0.15) is 0 Å². The largest absolute Gasteiger partial charge is 0.535 e. The summed E-state index contributed by atoms with van der Waals surface area (Å²) < 4.78 is 34.1. The van der Waals surface area contributed by atoms with Crippen LogP contribution in [-0.2, 0) is 20.8 Å². The van der Waals surface area contributed by atoms with Crippen molar-refractivity contribution in [3.63, 3.8) is 0 Å². The van der Waals surface area contributed by atoms with Crippen molar-refractivity contribution in [2.45, 2.75) is 24.7 Å². The molecule has 216 valence electrons. The average Bonchev–Trinajstić information content (AvgIpc) is 2.90. The van der Waals surface area contributed by atoms with Crippen LogP contribution in [0.1, 0.15) is 34.1 Å². The number of fused-ring (bicyclic) bond motifs is 1. The van der Waals surface area contributed by atoms with E-state index in [1.165, 1.54) is 6.07 Å². The second-order valence-corrected chi connectivity index (χ2v) is 9.34. The number of nitrogens with one attached hydrogen (secondary N) is 1. The maximum atomic E-state index is 14.8. The van der Waals surface area contributed by atoms with Crippen LogP contribution in [0.3, 0.4) is 0 Å². The Kier molecular flexibility index (Phi) is 8.48. The summed E-state index contributed by atoms with van der Waals surface area (Å²) in [5, 5.41) is 31.6. The van der Waals surface area contributed by atoms with Crippen molar-refractivity contribution in [1.29, 1.82) is 0 Å². The van der Waals surface area contributed by atoms with Crippen LogP contribution in [0.25, 0.3) is 0 Å². The molecule has 4 rings (SSSR count). The number of hydrogen-bond donors (Lipinski definition) is 5. The molecule has 2 atom stereocenters. The van der Waals surface area contributed by atoms with Crippen molar-refractivity contribution >= 4 is 36.7 Å². The number of hydrogen-bond acceptors (Lipinski definition) is 10. The number of halogens is 2. The number of urea groups is 1. The van der Waals surface area contributed by atoms with Gasteiger partial charge in [-0.25, -0.2) is 18.4 Å². The van der Waals surface area contributed by atoms with Crippen molar-refractivity contribution in [2.24, 2.45) is 5.73 Å². The van der Waals surface area contributed by atoms with E-state index >= 15 is 0 Å². The highest BCUT2D eigenvalue weighted by Gasteiger charge is 2.42. The van der Waals surface area contributed by atoms with Crippen molar-refractivity contribution in [3.8, 4) is 11.5 Å². The average molecular weight is 575 g/mol. The molecule has 1 aromatic carbocycles. The minimum absolute atomic E-state index is 0.0242. The van der Waals surface area contributed by atoms with Gasteiger partial charge in [0.25, 0.3) is 0 Å². The molecule has 2 aromatic rings. The lowest BCUT2D eigenvalue weighted by Gasteiger charge is -2.33. The number of piperazine rings is 1. The molecule has 0 spiro atoms. The molecule has 6 N–H and O–H groups in total. The SMILES string of the molecule is NCCN1CCN(C(=O)N[C@H](C(=O)C[C@H]2Cc3ccc(F)c(C(=O)O)c3OB2O)c2ncc(O)cc2F)C(=O)C1=O. The summed E-state index contributed by atoms with van der Waals surface area (Å²) in [4.78, 5) is 68.2. The van der Waals surface area contributed by atoms with Crippen molar-refractivity contribution < 1.29 is 52.6 Å². The first-order chi connectivity index (χ1) is 19.4. The number of carboxylic acid groups (broad SMARTS) is 1. The number of pyridine rings is 1. The molecule has 0 aliphatic carbocycles. The monoisotopic (exact) mass is 575 g/mol. The fourth-order valence-corrected chi connectivity index (χ4v) is 4.64. The van der Waals surface area contributed by atoms with Crippen LogP contribution in [0.5, 0.6) is 11.5 Å². The number of aromatic carboxylic acids is 1. The van der Waals surface area contributed by atoms with Crippen LogP contribution in [0, 0.1) is 11.6 Å². The van der Waals surface area contributed by atoms with Crippen molar-refractivity contribution in [2.75, 3.05) is 26.2 Å². The molecular formula is C24H24BF2N5O9. The van der Waals surface area contributed by atoms with Gasteiger partial charge in [0.15, 0.2) is 11.6 Å². The predicted octanol–water partition coefficient (Wildman–Crippen LogP) is -0.411. The summed E-state index contributed by atoms with van der Waals surface area (Å²) in [6.45, 7) is -0.0958. The Labute approximate surface area is 230 Å². The third-order valence-corrected chi connectivity index (χ3v) is 6.66. The first-order valence-corrected chi connectivity index (χ1v) is 12.3. The molecule has 41 heavy (non-hydrogen) atoms. The fourth-order valence-electron chi connectivity index (χ4n) is 4.64. The number of ketones is 1. The van der Waals surface area contributed by atoms with E-state index in [1.807, 2.05) is 0 Å². The molecule has 2 aliphatic heterocycles. The van der Waals surface area contributed by atoms with Gasteiger partial charge in [0.05, 0.1) is 6.20 Å². The topological polar surface area (TPSA) is 213 Å². The molecule has 17 heteroatoms. The number of Topliss-reactive ketones (excluding diaryl/α,β-unsaturated/α-hetero) is 1. The van der Waals surface area contributed by atoms with Gasteiger partial charge in [0, 0.05) is 44.5 Å². The van der Waals surface area contributed by atoms with E-state index in [-0.39, 0.29) is 38.2 Å². The summed E-state index contributed by atoms with van der Waals surface area (Å²) >= 11 is 0. The molecule has 1 fully saturated rings. The quantitative estimate of drug-likeness (QED) is 0.202. The number of imide groups is 1. The van der Waals surface area contributed by atoms with Crippen molar-refractivity contribution in [3.05, 3.63) is 52.9 Å². The normalized spacial score (nSPS) is 17.6. The first-order valence-electron chi connectivity index (χ1n) is 12.3. The van der Waals surface area contributed by atoms with Crippen LogP contribution in [0.15, 0.2) is 24.4 Å². The molecule has 3 heterocycles. The standard InChI is InChI=1S/C24H24BF2N5O9/c26-14-2-1-11-7-12(25(40)41-20(11)17(14)23(37)38)8-16(34)19(18-15(27)9-13(33)10-29-18)30-24(39)32-6-5-31(4-3-28)21(35)22(32)36/h1-2,9-10,12,19,33,40H,3-8,28H2,(H,30,39)(H,37,38)/t12-,19-/m1/s1. The number of carbonyl (C=O) groups is 5. The van der Waals surface area contributed by atoms with E-state index in [2.05, 4.69) is 10.3 Å². The molecule has 2 aliphatic rings. The first kappa shape index (κ1) is 29.4. The fraction of sp³-hybridized carbons (Fsp3) is 0.333. The number of benzene rings is 1. The Hall–Kier alpha value is -4.64. The van der Waals surface area contributed by atoms with Gasteiger partial charge in [-0.1, -0.05) is 6.07 Å². The molecule has 0 unspecified atom stereocenters. The summed E-state index contributed by atoms with van der Waals surface area (Å²) in [7, 11) is -1.78. The summed E-state index contributed by atoms with van der Waals surface area (Å²) in [5.74, 6) is -9.02. The highest BCUT2D eigenvalue weighted by molar-refractivity contribution is 6.47. The third kappa shape index (κ3) is 5.95. The van der Waals surface area contributed by atoms with Gasteiger partial charge in [0.1, 0.15) is 34.6 Å². The van der Waals surface area contributed by atoms with Crippen LogP contribution >= 0.6 is 0 Å². The third-order valence-electron chi connectivity index (χ3n) is 6.66. The number of nitrogens with zero attached hydrogens (tertiary/aromatic N) is 3. The maximum Gasteiger partial charge on any atom is 0.526 e. The van der Waals surface area contributed by atoms with Crippen LogP contribution in [0.4, 0.5) is 13.6 Å². The number of carbonyl (C=O) groups excluding carboxylic acids is 4. The van der Waals surface area contributed by atoms with E-state index in [0.29, 0.717) is 11.0 Å². The second-order valence-electron chi connectivity index (χ2n) is 9.34. The van der Waals surface area contributed by atoms with E-state index in [0.717, 1.165) is 17.2 Å². The molecule has 1 aromatic heterocycles. The lowest BCUT2D eigenvalue weighted by molar-refractivity contribution is -0.153. The summed E-state index contributed by atoms with van der Waals surface area (Å²) in [5.41, 5.74) is 4.19. The number of aromatic nitrogens is 1. The number of carboxylic acids is 1. The molecule has 0 bridgehead atoms. The Morgan fingerprint density at radius 2 is 1.93 bits per heavy atom. The summed E-state index contributed by atoms with van der Waals surface area (Å²) in [6.07, 6.45) is 0.0947. The smallest absolute Gasteiger partial charge is 0.526 e. The van der Waals surface area contributed by atoms with Gasteiger partial charge in [0.2, 0.25) is 0 Å². The Bertz CT molecular complexity index is 1430. The van der Waals surface area contributed by atoms with E-state index in [4.69, 9.17) is 10.4 Å². The number of nitrogens with two attached hydrogens (primary N) is 1. The second kappa shape index (κ2) is 11.9. The van der Waals surface area contributed by atoms with Crippen LogP contribution < -0.4 is 15.7 Å². The van der Waals surface area contributed by atoms with Gasteiger partial charge < -0.3 is 35.8 Å². The zero-order valence-electron chi connectivity index (χ0n) is 21.3. The summed E-state index contributed by atoms with van der Waals surface area (Å²) in [6, 6.07) is -0.271. The van der Waals surface area contributed by atoms with Crippen molar-refractivity contribution in [1.82, 2.24) is 20.1 Å². The highest BCUT2D eigenvalue weighted by Crippen LogP contribution is 2.38. The van der Waals surface area contributed by atoms with E-state index in [9.17, 15) is 48.0 Å². The van der Waals surface area contributed by atoms with Gasteiger partial charge >= 0.3 is 30.9 Å². The zero-order valence-corrected chi connectivity index (χ0v) is 21.3. The van der Waals surface area contributed by atoms with Gasteiger partial charge in [-0.3, -0.25) is 24.3 Å². The molecule has 1 saturated heterocycles. The Morgan fingerprint density at radius 1 is 1.20 bits per heavy atom. The number of aromatic hydroxyl groups is 1. The van der Waals surface area contributed by atoms with Crippen LogP contribution in [0.2, 0.25) is 5.82 Å². The minimum atomic E-state index is -1.84. The van der Waals surface area contributed by atoms with E-state index < -0.39 is 89.4 Å². The lowest BCUT2D eigenvalue weighted by Crippen LogP contribution is -2.59. The van der Waals surface area contributed by atoms with E-state index in [1.54, 1.807) is 0 Å². The molecule has 4 amide bonds. The molecular weight excluding hydrogens is 551 g/mol.